The van der Waals surface area contributed by atoms with Crippen molar-refractivity contribution in [1.29, 1.82) is 0 Å². The van der Waals surface area contributed by atoms with Gasteiger partial charge in [0.05, 0.1) is 11.6 Å². The van der Waals surface area contributed by atoms with Gasteiger partial charge in [0.15, 0.2) is 12.4 Å². The number of carbonyl (C=O) groups is 1. The summed E-state index contributed by atoms with van der Waals surface area (Å²) in [7, 11) is 0. The molecule has 0 fully saturated rings. The quantitative estimate of drug-likeness (QED) is 0.593. The van der Waals surface area contributed by atoms with E-state index >= 15 is 0 Å². The molecular formula is C20H18N2O2. The van der Waals surface area contributed by atoms with Crippen LogP contribution in [0.2, 0.25) is 0 Å². The first kappa shape index (κ1) is 15.7. The Labute approximate surface area is 141 Å². The van der Waals surface area contributed by atoms with E-state index in [0.29, 0.717) is 10.3 Å². The summed E-state index contributed by atoms with van der Waals surface area (Å²) in [5.41, 5.74) is 3.63. The van der Waals surface area contributed by atoms with E-state index in [4.69, 9.17) is 0 Å². The molecule has 1 atom stereocenters. The number of aromatic nitrogens is 1. The molecule has 0 saturated carbocycles. The first-order valence-corrected chi connectivity index (χ1v) is 7.75. The van der Waals surface area contributed by atoms with E-state index in [2.05, 4.69) is 5.32 Å². The first-order valence-electron chi connectivity index (χ1n) is 7.75. The molecule has 0 saturated heterocycles. The maximum atomic E-state index is 12.6. The van der Waals surface area contributed by atoms with Gasteiger partial charge in [-0.05, 0) is 18.1 Å². The van der Waals surface area contributed by atoms with Gasteiger partial charge in [-0.15, -0.1) is 0 Å². The zero-order valence-corrected chi connectivity index (χ0v) is 13.3. The van der Waals surface area contributed by atoms with Crippen molar-refractivity contribution in [2.24, 2.45) is 0 Å². The maximum absolute atomic E-state index is 12.6. The second-order valence-corrected chi connectivity index (χ2v) is 5.67. The van der Waals surface area contributed by atoms with Crippen LogP contribution in [0.15, 0.2) is 79.1 Å². The Kier molecular flexibility index (Phi) is 4.57. The highest BCUT2D eigenvalue weighted by atomic mass is 16.5. The van der Waals surface area contributed by atoms with Crippen LogP contribution in [-0.2, 0) is 0 Å². The molecule has 2 aromatic carbocycles. The van der Waals surface area contributed by atoms with Crippen molar-refractivity contribution >= 4 is 5.91 Å². The smallest absolute Gasteiger partial charge is 0.252 e. The maximum Gasteiger partial charge on any atom is 0.252 e. The van der Waals surface area contributed by atoms with E-state index < -0.39 is 0 Å². The van der Waals surface area contributed by atoms with Crippen LogP contribution in [0.1, 0.15) is 33.1 Å². The summed E-state index contributed by atoms with van der Waals surface area (Å²) in [6.07, 6.45) is 2.64. The summed E-state index contributed by atoms with van der Waals surface area (Å²) in [4.78, 5) is 12.6. The van der Waals surface area contributed by atoms with Gasteiger partial charge in [-0.25, -0.2) is 0 Å². The van der Waals surface area contributed by atoms with Gasteiger partial charge in [0.25, 0.3) is 5.91 Å². The summed E-state index contributed by atoms with van der Waals surface area (Å²) >= 11 is 0. The molecular weight excluding hydrogens is 300 g/mol. The van der Waals surface area contributed by atoms with Crippen molar-refractivity contribution in [3.05, 3.63) is 107 Å². The van der Waals surface area contributed by atoms with Crippen LogP contribution in [-0.4, -0.2) is 5.91 Å². The van der Waals surface area contributed by atoms with Crippen LogP contribution in [0.4, 0.5) is 0 Å². The fourth-order valence-electron chi connectivity index (χ4n) is 2.54. The Morgan fingerprint density at radius 2 is 1.50 bits per heavy atom. The Morgan fingerprint density at radius 3 is 2.12 bits per heavy atom. The zero-order chi connectivity index (χ0) is 16.9. The molecule has 4 nitrogen and oxygen atoms in total. The van der Waals surface area contributed by atoms with Crippen molar-refractivity contribution in [2.45, 2.75) is 13.0 Å². The molecule has 1 N–H and O–H groups in total. The lowest BCUT2D eigenvalue weighted by molar-refractivity contribution is -0.605. The molecule has 0 spiro atoms. The standard InChI is InChI=1S/C20H18N2O2/c1-15-7-9-17(10-8-15)19(16-5-3-2-4-6-16)21-20(23)18-11-13-22(24)14-12-18/h2-14,19H,1H3,(H,21,23). The lowest BCUT2D eigenvalue weighted by atomic mass is 9.97. The number of rotatable bonds is 4. The van der Waals surface area contributed by atoms with Crippen LogP contribution in [0, 0.1) is 12.1 Å². The van der Waals surface area contributed by atoms with Crippen LogP contribution in [0.25, 0.3) is 0 Å². The number of carbonyl (C=O) groups excluding carboxylic acids is 1. The second-order valence-electron chi connectivity index (χ2n) is 5.67. The predicted octanol–water partition coefficient (Wildman–Crippen LogP) is 3.15. The van der Waals surface area contributed by atoms with Gasteiger partial charge < -0.3 is 10.5 Å². The van der Waals surface area contributed by atoms with Crippen LogP contribution in [0.3, 0.4) is 0 Å². The molecule has 1 unspecified atom stereocenters. The average molecular weight is 318 g/mol. The monoisotopic (exact) mass is 318 g/mol. The van der Waals surface area contributed by atoms with Crippen LogP contribution >= 0.6 is 0 Å². The molecule has 24 heavy (non-hydrogen) atoms. The zero-order valence-electron chi connectivity index (χ0n) is 13.3. The van der Waals surface area contributed by atoms with Gasteiger partial charge in [0.2, 0.25) is 0 Å². The average Bonchev–Trinajstić information content (AvgIpc) is 2.62. The summed E-state index contributed by atoms with van der Waals surface area (Å²) in [6, 6.07) is 20.7. The number of pyridine rings is 1. The molecule has 3 aromatic rings. The van der Waals surface area contributed by atoms with Crippen LogP contribution in [0.5, 0.6) is 0 Å². The topological polar surface area (TPSA) is 56.0 Å². The van der Waals surface area contributed by atoms with Gasteiger partial charge in [-0.1, -0.05) is 60.2 Å². The first-order chi connectivity index (χ1) is 11.6. The lowest BCUT2D eigenvalue weighted by Crippen LogP contribution is -2.31. The predicted molar refractivity (Wildman–Crippen MR) is 92.3 cm³/mol. The van der Waals surface area contributed by atoms with Crippen molar-refractivity contribution in [3.63, 3.8) is 0 Å². The molecule has 1 heterocycles. The molecule has 1 amide bonds. The van der Waals surface area contributed by atoms with Gasteiger partial charge in [-0.2, -0.15) is 4.73 Å². The minimum Gasteiger partial charge on any atom is -0.619 e. The van der Waals surface area contributed by atoms with E-state index in [9.17, 15) is 10.0 Å². The summed E-state index contributed by atoms with van der Waals surface area (Å²) in [5, 5.41) is 14.2. The minimum atomic E-state index is -0.251. The summed E-state index contributed by atoms with van der Waals surface area (Å²) in [5.74, 6) is -0.218. The highest BCUT2D eigenvalue weighted by Gasteiger charge is 2.18. The molecule has 0 aliphatic carbocycles. The molecule has 0 bridgehead atoms. The third-order valence-electron chi connectivity index (χ3n) is 3.88. The van der Waals surface area contributed by atoms with Crippen molar-refractivity contribution in [3.8, 4) is 0 Å². The Hall–Kier alpha value is -3.14. The molecule has 120 valence electrons. The SMILES string of the molecule is Cc1ccc(C(NC(=O)c2cc[n+]([O-])cc2)c2ccccc2)cc1. The van der Waals surface area contributed by atoms with Gasteiger partial charge in [-0.3, -0.25) is 4.79 Å². The van der Waals surface area contributed by atoms with E-state index in [1.807, 2.05) is 61.5 Å². The molecule has 0 aliphatic rings. The fraction of sp³-hybridized carbons (Fsp3) is 0.100. The van der Waals surface area contributed by atoms with E-state index in [1.165, 1.54) is 30.1 Å². The minimum absolute atomic E-state index is 0.218. The van der Waals surface area contributed by atoms with E-state index in [1.54, 1.807) is 0 Å². The Balaban J connectivity index is 1.91. The summed E-state index contributed by atoms with van der Waals surface area (Å²) < 4.78 is 0.658. The highest BCUT2D eigenvalue weighted by molar-refractivity contribution is 5.94. The molecule has 0 aliphatic heterocycles. The number of amides is 1. The number of benzene rings is 2. The number of aryl methyl sites for hydroxylation is 1. The molecule has 3 rings (SSSR count). The molecule has 4 heteroatoms. The molecule has 1 aromatic heterocycles. The van der Waals surface area contributed by atoms with E-state index in [0.717, 1.165) is 11.1 Å². The third-order valence-corrected chi connectivity index (χ3v) is 3.88. The normalized spacial score (nSPS) is 11.7. The largest absolute Gasteiger partial charge is 0.619 e. The van der Waals surface area contributed by atoms with Crippen molar-refractivity contribution < 1.29 is 9.52 Å². The van der Waals surface area contributed by atoms with Gasteiger partial charge in [0.1, 0.15) is 0 Å². The van der Waals surface area contributed by atoms with Gasteiger partial charge in [0, 0.05) is 12.1 Å². The number of nitrogens with zero attached hydrogens (tertiary/aromatic N) is 1. The lowest BCUT2D eigenvalue weighted by Gasteiger charge is -2.20. The molecule has 0 radical (unpaired) electrons. The fourth-order valence-corrected chi connectivity index (χ4v) is 2.54. The second kappa shape index (κ2) is 6.96. The van der Waals surface area contributed by atoms with E-state index in [-0.39, 0.29) is 11.9 Å². The van der Waals surface area contributed by atoms with Gasteiger partial charge >= 0.3 is 0 Å². The third kappa shape index (κ3) is 3.60. The number of nitrogens with one attached hydrogen (secondary N) is 1. The Bertz CT molecular complexity index is 813. The number of hydrogen-bond donors (Lipinski definition) is 1. The summed E-state index contributed by atoms with van der Waals surface area (Å²) in [6.45, 7) is 2.03. The van der Waals surface area contributed by atoms with Crippen molar-refractivity contribution in [2.75, 3.05) is 0 Å². The van der Waals surface area contributed by atoms with Crippen LogP contribution < -0.4 is 10.0 Å². The number of hydrogen-bond acceptors (Lipinski definition) is 2. The Morgan fingerprint density at radius 1 is 0.917 bits per heavy atom. The van der Waals surface area contributed by atoms with Crippen molar-refractivity contribution in [1.82, 2.24) is 5.32 Å². The highest BCUT2D eigenvalue weighted by Crippen LogP contribution is 2.22.